The molecule has 2 saturated heterocycles. The van der Waals surface area contributed by atoms with E-state index in [9.17, 15) is 8.78 Å². The van der Waals surface area contributed by atoms with E-state index < -0.39 is 11.6 Å². The number of piperazine rings is 1. The Hall–Kier alpha value is -1.04. The first kappa shape index (κ1) is 15.8. The van der Waals surface area contributed by atoms with Crippen LogP contribution in [0.25, 0.3) is 0 Å². The number of halogens is 2. The third-order valence-corrected chi connectivity index (χ3v) is 4.75. The molecule has 122 valence electrons. The van der Waals surface area contributed by atoms with E-state index in [1.165, 1.54) is 6.07 Å². The Morgan fingerprint density at radius 3 is 2.91 bits per heavy atom. The zero-order chi connectivity index (χ0) is 15.5. The Kier molecular flexibility index (Phi) is 5.06. The summed E-state index contributed by atoms with van der Waals surface area (Å²) in [5, 5.41) is 0. The fourth-order valence-electron chi connectivity index (χ4n) is 3.64. The topological polar surface area (TPSA) is 15.7 Å². The van der Waals surface area contributed by atoms with Crippen molar-refractivity contribution in [2.75, 3.05) is 32.8 Å². The largest absolute Gasteiger partial charge is 0.378 e. The van der Waals surface area contributed by atoms with Gasteiger partial charge in [-0.25, -0.2) is 8.78 Å². The summed E-state index contributed by atoms with van der Waals surface area (Å²) in [6.07, 6.45) is 2.32. The number of hydrogen-bond acceptors (Lipinski definition) is 3. The Labute approximate surface area is 130 Å². The van der Waals surface area contributed by atoms with Gasteiger partial charge in [-0.3, -0.25) is 9.80 Å². The minimum atomic E-state index is -0.764. The molecule has 3 rings (SSSR count). The molecule has 0 bridgehead atoms. The lowest BCUT2D eigenvalue weighted by atomic mass is 10.0. The number of hydrogen-bond donors (Lipinski definition) is 0. The molecule has 2 atom stereocenters. The first-order valence-electron chi connectivity index (χ1n) is 8.17. The minimum absolute atomic E-state index is 0.371. The average molecular weight is 310 g/mol. The highest BCUT2D eigenvalue weighted by Crippen LogP contribution is 2.23. The second-order valence-corrected chi connectivity index (χ2v) is 6.32. The van der Waals surface area contributed by atoms with Crippen molar-refractivity contribution in [3.8, 4) is 0 Å². The van der Waals surface area contributed by atoms with Gasteiger partial charge in [-0.15, -0.1) is 0 Å². The molecule has 0 aromatic heterocycles. The number of morpholine rings is 1. The fraction of sp³-hybridized carbons (Fsp3) is 0.647. The van der Waals surface area contributed by atoms with Gasteiger partial charge in [-0.2, -0.15) is 0 Å². The van der Waals surface area contributed by atoms with Crippen LogP contribution in [0, 0.1) is 11.6 Å². The molecule has 22 heavy (non-hydrogen) atoms. The normalized spacial score (nSPS) is 26.9. The molecule has 3 nitrogen and oxygen atoms in total. The lowest BCUT2D eigenvalue weighted by Crippen LogP contribution is -2.61. The highest BCUT2D eigenvalue weighted by atomic mass is 19.2. The highest BCUT2D eigenvalue weighted by Gasteiger charge is 2.35. The van der Waals surface area contributed by atoms with E-state index in [-0.39, 0.29) is 0 Å². The summed E-state index contributed by atoms with van der Waals surface area (Å²) < 4.78 is 32.9. The van der Waals surface area contributed by atoms with Crippen molar-refractivity contribution < 1.29 is 13.5 Å². The summed E-state index contributed by atoms with van der Waals surface area (Å²) in [6.45, 7) is 6.96. The van der Waals surface area contributed by atoms with Crippen molar-refractivity contribution in [1.29, 1.82) is 0 Å². The lowest BCUT2D eigenvalue weighted by Gasteiger charge is -2.48. The SMILES string of the molecule is CCC[C@H]1COC[C@H]2CN(Cc3cccc(F)c3F)CCN12. The Morgan fingerprint density at radius 1 is 1.23 bits per heavy atom. The smallest absolute Gasteiger partial charge is 0.163 e. The quantitative estimate of drug-likeness (QED) is 0.850. The Bertz CT molecular complexity index is 509. The highest BCUT2D eigenvalue weighted by molar-refractivity contribution is 5.19. The van der Waals surface area contributed by atoms with E-state index in [0.717, 1.165) is 45.7 Å². The van der Waals surface area contributed by atoms with Gasteiger partial charge in [-0.1, -0.05) is 25.5 Å². The van der Waals surface area contributed by atoms with Crippen molar-refractivity contribution >= 4 is 0 Å². The molecule has 0 radical (unpaired) electrons. The maximum Gasteiger partial charge on any atom is 0.163 e. The van der Waals surface area contributed by atoms with E-state index in [1.807, 2.05) is 0 Å². The van der Waals surface area contributed by atoms with Gasteiger partial charge in [0.2, 0.25) is 0 Å². The van der Waals surface area contributed by atoms with Crippen LogP contribution >= 0.6 is 0 Å². The molecular weight excluding hydrogens is 286 g/mol. The summed E-state index contributed by atoms with van der Waals surface area (Å²) in [5.41, 5.74) is 0.440. The molecule has 0 saturated carbocycles. The molecule has 2 fully saturated rings. The van der Waals surface area contributed by atoms with Gasteiger partial charge < -0.3 is 4.74 Å². The predicted molar refractivity (Wildman–Crippen MR) is 81.6 cm³/mol. The molecule has 5 heteroatoms. The van der Waals surface area contributed by atoms with Crippen LogP contribution < -0.4 is 0 Å². The molecule has 0 amide bonds. The van der Waals surface area contributed by atoms with Crippen molar-refractivity contribution in [3.63, 3.8) is 0 Å². The molecule has 1 aromatic carbocycles. The number of fused-ring (bicyclic) bond motifs is 1. The van der Waals surface area contributed by atoms with Crippen molar-refractivity contribution in [3.05, 3.63) is 35.4 Å². The summed E-state index contributed by atoms with van der Waals surface area (Å²) in [6, 6.07) is 5.29. The van der Waals surface area contributed by atoms with Crippen LogP contribution in [0.4, 0.5) is 8.78 Å². The standard InChI is InChI=1S/C17H24F2N2O/c1-2-4-14-11-22-12-15-10-20(7-8-21(14)15)9-13-5-3-6-16(18)17(13)19/h3,5-6,14-15H,2,4,7-12H2,1H3/t14-,15+/m0/s1. The second kappa shape index (κ2) is 7.02. The van der Waals surface area contributed by atoms with E-state index in [2.05, 4.69) is 16.7 Å². The molecule has 2 aliphatic heterocycles. The van der Waals surface area contributed by atoms with Crippen molar-refractivity contribution in [1.82, 2.24) is 9.80 Å². The third-order valence-electron chi connectivity index (χ3n) is 4.75. The van der Waals surface area contributed by atoms with E-state index in [1.54, 1.807) is 12.1 Å². The van der Waals surface area contributed by atoms with Gasteiger partial charge in [0.25, 0.3) is 0 Å². The molecule has 0 N–H and O–H groups in total. The molecular formula is C17H24F2N2O. The monoisotopic (exact) mass is 310 g/mol. The first-order chi connectivity index (χ1) is 10.7. The maximum absolute atomic E-state index is 13.8. The van der Waals surface area contributed by atoms with Crippen LogP contribution in [0.5, 0.6) is 0 Å². The number of benzene rings is 1. The van der Waals surface area contributed by atoms with Gasteiger partial charge in [0.15, 0.2) is 11.6 Å². The zero-order valence-corrected chi connectivity index (χ0v) is 13.1. The molecule has 0 aliphatic carbocycles. The zero-order valence-electron chi connectivity index (χ0n) is 13.1. The molecule has 2 aliphatic rings. The molecule has 0 unspecified atom stereocenters. The van der Waals surface area contributed by atoms with Crippen LogP contribution in [0.1, 0.15) is 25.3 Å². The summed E-state index contributed by atoms with van der Waals surface area (Å²) in [7, 11) is 0. The van der Waals surface area contributed by atoms with E-state index in [4.69, 9.17) is 4.74 Å². The third kappa shape index (κ3) is 3.31. The molecule has 2 heterocycles. The van der Waals surface area contributed by atoms with Gasteiger partial charge in [-0.05, 0) is 12.5 Å². The van der Waals surface area contributed by atoms with Crippen LogP contribution in [-0.2, 0) is 11.3 Å². The van der Waals surface area contributed by atoms with Crippen molar-refractivity contribution in [2.24, 2.45) is 0 Å². The van der Waals surface area contributed by atoms with Crippen LogP contribution in [0.2, 0.25) is 0 Å². The predicted octanol–water partition coefficient (Wildman–Crippen LogP) is 2.65. The van der Waals surface area contributed by atoms with Crippen LogP contribution in [0.3, 0.4) is 0 Å². The summed E-state index contributed by atoms with van der Waals surface area (Å²) in [4.78, 5) is 4.75. The van der Waals surface area contributed by atoms with Gasteiger partial charge >= 0.3 is 0 Å². The van der Waals surface area contributed by atoms with Gasteiger partial charge in [0.1, 0.15) is 0 Å². The second-order valence-electron chi connectivity index (χ2n) is 6.32. The van der Waals surface area contributed by atoms with Gasteiger partial charge in [0.05, 0.1) is 13.2 Å². The Balaban J connectivity index is 1.63. The summed E-state index contributed by atoms with van der Waals surface area (Å²) >= 11 is 0. The molecule has 1 aromatic rings. The maximum atomic E-state index is 13.8. The van der Waals surface area contributed by atoms with Crippen LogP contribution in [-0.4, -0.2) is 54.7 Å². The van der Waals surface area contributed by atoms with Crippen molar-refractivity contribution in [2.45, 2.75) is 38.4 Å². The van der Waals surface area contributed by atoms with Crippen LogP contribution in [0.15, 0.2) is 18.2 Å². The Morgan fingerprint density at radius 2 is 2.09 bits per heavy atom. The number of rotatable bonds is 4. The fourth-order valence-corrected chi connectivity index (χ4v) is 3.64. The first-order valence-corrected chi connectivity index (χ1v) is 8.17. The number of ether oxygens (including phenoxy) is 1. The van der Waals surface area contributed by atoms with E-state index >= 15 is 0 Å². The van der Waals surface area contributed by atoms with Gasteiger partial charge in [0, 0.05) is 43.8 Å². The minimum Gasteiger partial charge on any atom is -0.378 e. The molecule has 0 spiro atoms. The average Bonchev–Trinajstić information content (AvgIpc) is 2.52. The number of nitrogens with zero attached hydrogens (tertiary/aromatic N) is 2. The summed E-state index contributed by atoms with van der Waals surface area (Å²) in [5.74, 6) is -1.48. The van der Waals surface area contributed by atoms with E-state index in [0.29, 0.717) is 24.2 Å². The lowest BCUT2D eigenvalue weighted by molar-refractivity contribution is -0.0841.